The molecular weight excluding hydrogens is 198 g/mol. The van der Waals surface area contributed by atoms with Gasteiger partial charge in [0.05, 0.1) is 0 Å². The van der Waals surface area contributed by atoms with Crippen molar-refractivity contribution in [1.82, 2.24) is 0 Å². The number of hydrogen-bond acceptors (Lipinski definition) is 2. The smallest absolute Gasteiger partial charge is 0.135 e. The molecule has 96 valence electrons. The number of rotatable bonds is 9. The Morgan fingerprint density at radius 1 is 1.12 bits per heavy atom. The van der Waals surface area contributed by atoms with Crippen molar-refractivity contribution in [1.29, 1.82) is 0 Å². The molecular formula is C14H29NO. The molecule has 0 amide bonds. The van der Waals surface area contributed by atoms with Crippen molar-refractivity contribution in [3.63, 3.8) is 0 Å². The minimum atomic E-state index is 0.220. The third-order valence-corrected chi connectivity index (χ3v) is 3.18. The second-order valence-electron chi connectivity index (χ2n) is 5.37. The van der Waals surface area contributed by atoms with E-state index in [-0.39, 0.29) is 12.0 Å². The van der Waals surface area contributed by atoms with E-state index >= 15 is 0 Å². The molecule has 0 aliphatic heterocycles. The average molecular weight is 227 g/mol. The van der Waals surface area contributed by atoms with Crippen molar-refractivity contribution in [3.05, 3.63) is 0 Å². The number of carbonyl (C=O) groups excluding carboxylic acids is 1. The Morgan fingerprint density at radius 2 is 1.75 bits per heavy atom. The summed E-state index contributed by atoms with van der Waals surface area (Å²) in [5, 5.41) is 0. The number of nitrogens with two attached hydrogens (primary N) is 1. The van der Waals surface area contributed by atoms with Gasteiger partial charge >= 0.3 is 0 Å². The van der Waals surface area contributed by atoms with Gasteiger partial charge in [0.15, 0.2) is 0 Å². The van der Waals surface area contributed by atoms with Crippen LogP contribution < -0.4 is 5.73 Å². The second kappa shape index (κ2) is 8.74. The maximum Gasteiger partial charge on any atom is 0.135 e. The fourth-order valence-corrected chi connectivity index (χ4v) is 2.05. The predicted molar refractivity (Wildman–Crippen MR) is 70.4 cm³/mol. The topological polar surface area (TPSA) is 43.1 Å². The average Bonchev–Trinajstić information content (AvgIpc) is 2.17. The number of hydrogen-bond donors (Lipinski definition) is 1. The zero-order valence-corrected chi connectivity index (χ0v) is 11.5. The minimum Gasteiger partial charge on any atom is -0.328 e. The van der Waals surface area contributed by atoms with Crippen LogP contribution in [0.1, 0.15) is 66.2 Å². The molecule has 2 N–H and O–H groups in total. The Morgan fingerprint density at radius 3 is 2.25 bits per heavy atom. The van der Waals surface area contributed by atoms with E-state index in [4.69, 9.17) is 5.73 Å². The molecule has 0 aromatic heterocycles. The quantitative estimate of drug-likeness (QED) is 0.654. The highest BCUT2D eigenvalue weighted by Gasteiger charge is 2.15. The maximum atomic E-state index is 11.9. The summed E-state index contributed by atoms with van der Waals surface area (Å²) >= 11 is 0. The zero-order valence-electron chi connectivity index (χ0n) is 11.5. The highest BCUT2D eigenvalue weighted by molar-refractivity contribution is 5.80. The van der Waals surface area contributed by atoms with Crippen molar-refractivity contribution in [2.24, 2.45) is 17.6 Å². The first-order chi connectivity index (χ1) is 7.47. The molecule has 3 unspecified atom stereocenters. The second-order valence-corrected chi connectivity index (χ2v) is 5.37. The lowest BCUT2D eigenvalue weighted by Gasteiger charge is -2.14. The van der Waals surface area contributed by atoms with Crippen LogP contribution in [-0.2, 0) is 4.79 Å². The minimum absolute atomic E-state index is 0.220. The molecule has 0 aromatic rings. The molecule has 0 radical (unpaired) electrons. The van der Waals surface area contributed by atoms with Crippen molar-refractivity contribution in [3.8, 4) is 0 Å². The first kappa shape index (κ1) is 15.6. The fraction of sp³-hybridized carbons (Fsp3) is 0.929. The molecule has 2 heteroatoms. The van der Waals surface area contributed by atoms with E-state index in [0.29, 0.717) is 11.7 Å². The monoisotopic (exact) mass is 227 g/mol. The summed E-state index contributed by atoms with van der Waals surface area (Å²) in [6, 6.07) is 0.265. The fourth-order valence-electron chi connectivity index (χ4n) is 2.05. The Labute approximate surface area is 101 Å². The predicted octanol–water partition coefficient (Wildman–Crippen LogP) is 3.54. The van der Waals surface area contributed by atoms with E-state index in [0.717, 1.165) is 32.1 Å². The summed E-state index contributed by atoms with van der Waals surface area (Å²) in [6.45, 7) is 8.43. The van der Waals surface area contributed by atoms with Crippen LogP contribution in [0.2, 0.25) is 0 Å². The summed E-state index contributed by atoms with van der Waals surface area (Å²) in [4.78, 5) is 11.9. The van der Waals surface area contributed by atoms with E-state index in [1.165, 1.54) is 6.42 Å². The van der Waals surface area contributed by atoms with Crippen molar-refractivity contribution in [2.75, 3.05) is 0 Å². The van der Waals surface area contributed by atoms with Crippen LogP contribution in [-0.4, -0.2) is 11.8 Å². The van der Waals surface area contributed by atoms with Gasteiger partial charge in [0.1, 0.15) is 5.78 Å². The van der Waals surface area contributed by atoms with Gasteiger partial charge in [0, 0.05) is 18.4 Å². The van der Waals surface area contributed by atoms with E-state index in [1.807, 2.05) is 6.92 Å². The molecule has 0 spiro atoms. The summed E-state index contributed by atoms with van der Waals surface area (Å²) in [7, 11) is 0. The zero-order chi connectivity index (χ0) is 12.6. The summed E-state index contributed by atoms with van der Waals surface area (Å²) < 4.78 is 0. The summed E-state index contributed by atoms with van der Waals surface area (Å²) in [5.41, 5.74) is 5.69. The van der Waals surface area contributed by atoms with Crippen LogP contribution in [0, 0.1) is 11.8 Å². The van der Waals surface area contributed by atoms with Crippen LogP contribution in [0.5, 0.6) is 0 Å². The van der Waals surface area contributed by atoms with Crippen molar-refractivity contribution >= 4 is 5.78 Å². The lowest BCUT2D eigenvalue weighted by molar-refractivity contribution is -0.123. The van der Waals surface area contributed by atoms with Crippen LogP contribution in [0.4, 0.5) is 0 Å². The molecule has 0 fully saturated rings. The molecule has 3 atom stereocenters. The molecule has 0 saturated heterocycles. The molecule has 2 nitrogen and oxygen atoms in total. The van der Waals surface area contributed by atoms with Gasteiger partial charge < -0.3 is 5.73 Å². The van der Waals surface area contributed by atoms with E-state index in [2.05, 4.69) is 20.8 Å². The SMILES string of the molecule is CCCC(C)CC(=O)C(C)CCCC(C)N. The van der Waals surface area contributed by atoms with Gasteiger partial charge in [-0.15, -0.1) is 0 Å². The molecule has 16 heavy (non-hydrogen) atoms. The summed E-state index contributed by atoms with van der Waals surface area (Å²) in [5.74, 6) is 1.21. The Kier molecular flexibility index (Phi) is 8.54. The standard InChI is InChI=1S/C14H29NO/c1-5-7-11(2)10-14(16)12(3)8-6-9-13(4)15/h11-13H,5-10,15H2,1-4H3. The molecule has 0 aromatic carbocycles. The molecule has 0 heterocycles. The maximum absolute atomic E-state index is 11.9. The van der Waals surface area contributed by atoms with Gasteiger partial charge in [-0.2, -0.15) is 0 Å². The largest absolute Gasteiger partial charge is 0.328 e. The number of Topliss-reactive ketones (excluding diaryl/α,β-unsaturated/α-hetero) is 1. The van der Waals surface area contributed by atoms with Gasteiger partial charge in [-0.1, -0.05) is 40.0 Å². The number of carbonyl (C=O) groups is 1. The highest BCUT2D eigenvalue weighted by Crippen LogP contribution is 2.17. The van der Waals surface area contributed by atoms with Gasteiger partial charge in [-0.3, -0.25) is 4.79 Å². The number of ketones is 1. The third kappa shape index (κ3) is 7.86. The van der Waals surface area contributed by atoms with Crippen LogP contribution in [0.25, 0.3) is 0 Å². The van der Waals surface area contributed by atoms with Gasteiger partial charge in [0.25, 0.3) is 0 Å². The van der Waals surface area contributed by atoms with Gasteiger partial charge in [-0.25, -0.2) is 0 Å². The Balaban J connectivity index is 3.72. The first-order valence-electron chi connectivity index (χ1n) is 6.75. The van der Waals surface area contributed by atoms with E-state index in [1.54, 1.807) is 0 Å². The summed E-state index contributed by atoms with van der Waals surface area (Å²) in [6.07, 6.45) is 6.20. The first-order valence-corrected chi connectivity index (χ1v) is 6.75. The Bertz CT molecular complexity index is 189. The molecule has 0 bridgehead atoms. The highest BCUT2D eigenvalue weighted by atomic mass is 16.1. The normalized spacial score (nSPS) is 16.8. The van der Waals surface area contributed by atoms with Crippen molar-refractivity contribution in [2.45, 2.75) is 72.3 Å². The van der Waals surface area contributed by atoms with E-state index < -0.39 is 0 Å². The van der Waals surface area contributed by atoms with Gasteiger partial charge in [0.2, 0.25) is 0 Å². The molecule has 0 rings (SSSR count). The molecule has 0 aliphatic carbocycles. The van der Waals surface area contributed by atoms with E-state index in [9.17, 15) is 4.79 Å². The third-order valence-electron chi connectivity index (χ3n) is 3.18. The van der Waals surface area contributed by atoms with Crippen LogP contribution in [0.15, 0.2) is 0 Å². The van der Waals surface area contributed by atoms with Crippen LogP contribution in [0.3, 0.4) is 0 Å². The van der Waals surface area contributed by atoms with Gasteiger partial charge in [-0.05, 0) is 25.7 Å². The lowest BCUT2D eigenvalue weighted by Crippen LogP contribution is -2.17. The molecule has 0 saturated carbocycles. The Hall–Kier alpha value is -0.370. The molecule has 0 aliphatic rings. The van der Waals surface area contributed by atoms with Crippen molar-refractivity contribution < 1.29 is 4.79 Å². The lowest BCUT2D eigenvalue weighted by atomic mass is 9.90. The van der Waals surface area contributed by atoms with Crippen LogP contribution >= 0.6 is 0 Å².